The van der Waals surface area contributed by atoms with Gasteiger partial charge >= 0.3 is 0 Å². The molecule has 0 aliphatic carbocycles. The first-order valence-electron chi connectivity index (χ1n) is 1.65. The number of Topliss-reactive ketones (excluding diaryl/α,β-unsaturated/α-hetero) is 1. The van der Waals surface area contributed by atoms with Crippen LogP contribution < -0.4 is 0 Å². The second kappa shape index (κ2) is 16.1. The summed E-state index contributed by atoms with van der Waals surface area (Å²) in [5.74, 6) is 0.167. The Bertz CT molecular complexity index is 34.7. The normalized spacial score (nSPS) is 4.57. The molecule has 0 rings (SSSR count). The number of ketones is 1. The van der Waals surface area contributed by atoms with Crippen LogP contribution in [0.4, 0.5) is 0 Å². The lowest BCUT2D eigenvalue weighted by molar-refractivity contribution is -0.114. The molecule has 0 bridgehead atoms. The van der Waals surface area contributed by atoms with Crippen LogP contribution in [0, 0.1) is 0 Å². The molecule has 0 amide bonds. The Morgan fingerprint density at radius 2 is 1.29 bits per heavy atom. The van der Waals surface area contributed by atoms with Crippen LogP contribution in [0.5, 0.6) is 0 Å². The Balaban J connectivity index is -0.0000000480. The predicted molar refractivity (Wildman–Crippen MR) is 42.4 cm³/mol. The van der Waals surface area contributed by atoms with Crippen molar-refractivity contribution in [1.82, 2.24) is 0 Å². The maximum atomic E-state index is 9.44. The van der Waals surface area contributed by atoms with Gasteiger partial charge in [-0.1, -0.05) is 0 Å². The van der Waals surface area contributed by atoms with E-state index in [0.29, 0.717) is 0 Å². The van der Waals surface area contributed by atoms with Crippen LogP contribution >= 0.6 is 22.5 Å². The molecular weight excluding hydrogens is 127 g/mol. The molecule has 46 valence electrons. The standard InChI is InChI=1S/C3H6O.CH4S.H3P/c1-3(2)4;1-2;/h1-2H3;2H,1H3;1H3. The molecule has 0 aromatic rings. The fourth-order valence-electron chi connectivity index (χ4n) is 0. The highest BCUT2D eigenvalue weighted by Crippen LogP contribution is 1.50. The minimum Gasteiger partial charge on any atom is -0.300 e. The first-order valence-corrected chi connectivity index (χ1v) is 2.55. The van der Waals surface area contributed by atoms with E-state index in [-0.39, 0.29) is 15.7 Å². The maximum absolute atomic E-state index is 9.44. The Hall–Kier alpha value is 0.450. The molecule has 0 aromatic carbocycles. The lowest BCUT2D eigenvalue weighted by Crippen LogP contribution is -1.69. The lowest BCUT2D eigenvalue weighted by atomic mass is 10.6. The van der Waals surface area contributed by atoms with Gasteiger partial charge in [-0.05, 0) is 20.1 Å². The number of thiol groups is 1. The van der Waals surface area contributed by atoms with Crippen molar-refractivity contribution < 1.29 is 4.79 Å². The van der Waals surface area contributed by atoms with E-state index in [4.69, 9.17) is 0 Å². The van der Waals surface area contributed by atoms with Gasteiger partial charge in [0.05, 0.1) is 0 Å². The third-order valence-electron chi connectivity index (χ3n) is 0. The molecular formula is C4H13OPS. The van der Waals surface area contributed by atoms with Gasteiger partial charge in [-0.25, -0.2) is 0 Å². The van der Waals surface area contributed by atoms with Crippen molar-refractivity contribution in [2.24, 2.45) is 0 Å². The number of carbonyl (C=O) groups excluding carboxylic acids is 1. The molecule has 0 N–H and O–H groups in total. The van der Waals surface area contributed by atoms with E-state index in [0.717, 1.165) is 0 Å². The van der Waals surface area contributed by atoms with Gasteiger partial charge in [0.15, 0.2) is 0 Å². The lowest BCUT2D eigenvalue weighted by Gasteiger charge is -1.56. The fourth-order valence-corrected chi connectivity index (χ4v) is 0. The average Bonchev–Trinajstić information content (AvgIpc) is 1.41. The summed E-state index contributed by atoms with van der Waals surface area (Å²) in [6, 6.07) is 0. The predicted octanol–water partition coefficient (Wildman–Crippen LogP) is 1.20. The van der Waals surface area contributed by atoms with Crippen LogP contribution in [-0.4, -0.2) is 12.0 Å². The largest absolute Gasteiger partial charge is 0.300 e. The van der Waals surface area contributed by atoms with Gasteiger partial charge in [-0.15, -0.1) is 0 Å². The summed E-state index contributed by atoms with van der Waals surface area (Å²) in [5, 5.41) is 0. The van der Waals surface area contributed by atoms with E-state index < -0.39 is 0 Å². The zero-order valence-corrected chi connectivity index (χ0v) is 7.37. The van der Waals surface area contributed by atoms with Crippen molar-refractivity contribution >= 4 is 28.3 Å². The first-order chi connectivity index (χ1) is 2.73. The summed E-state index contributed by atoms with van der Waals surface area (Å²) < 4.78 is 0. The second-order valence-electron chi connectivity index (χ2n) is 0.908. The molecule has 1 nitrogen and oxygen atoms in total. The van der Waals surface area contributed by atoms with Crippen LogP contribution in [0.2, 0.25) is 0 Å². The molecule has 0 saturated carbocycles. The third kappa shape index (κ3) is 631. The minimum absolute atomic E-state index is 0. The molecule has 0 aliphatic heterocycles. The van der Waals surface area contributed by atoms with Crippen molar-refractivity contribution in [3.05, 3.63) is 0 Å². The summed E-state index contributed by atoms with van der Waals surface area (Å²) in [4.78, 5) is 9.44. The second-order valence-corrected chi connectivity index (χ2v) is 0.908. The monoisotopic (exact) mass is 140 g/mol. The van der Waals surface area contributed by atoms with Crippen LogP contribution in [0.25, 0.3) is 0 Å². The zero-order chi connectivity index (χ0) is 5.58. The molecule has 0 fully saturated rings. The van der Waals surface area contributed by atoms with E-state index in [1.165, 1.54) is 13.8 Å². The van der Waals surface area contributed by atoms with Crippen LogP contribution in [0.15, 0.2) is 0 Å². The van der Waals surface area contributed by atoms with E-state index in [1.807, 2.05) is 0 Å². The summed E-state index contributed by atoms with van der Waals surface area (Å²) in [6.45, 7) is 3.06. The van der Waals surface area contributed by atoms with Gasteiger partial charge in [-0.2, -0.15) is 22.5 Å². The number of hydrogen-bond donors (Lipinski definition) is 1. The van der Waals surface area contributed by atoms with Crippen LogP contribution in [0.3, 0.4) is 0 Å². The van der Waals surface area contributed by atoms with Crippen molar-refractivity contribution in [2.45, 2.75) is 13.8 Å². The Labute approximate surface area is 53.9 Å². The molecule has 1 unspecified atom stereocenters. The fraction of sp³-hybridized carbons (Fsp3) is 0.750. The van der Waals surface area contributed by atoms with Crippen molar-refractivity contribution in [1.29, 1.82) is 0 Å². The molecule has 0 heterocycles. The number of rotatable bonds is 0. The Morgan fingerprint density at radius 1 is 1.29 bits per heavy atom. The van der Waals surface area contributed by atoms with E-state index in [9.17, 15) is 4.79 Å². The summed E-state index contributed by atoms with van der Waals surface area (Å²) >= 11 is 3.53. The summed E-state index contributed by atoms with van der Waals surface area (Å²) in [7, 11) is 0. The van der Waals surface area contributed by atoms with Gasteiger partial charge in [0, 0.05) is 0 Å². The third-order valence-corrected chi connectivity index (χ3v) is 0. The molecule has 0 saturated heterocycles. The van der Waals surface area contributed by atoms with Crippen molar-refractivity contribution in [2.75, 3.05) is 6.26 Å². The molecule has 7 heavy (non-hydrogen) atoms. The number of hydrogen-bond acceptors (Lipinski definition) is 2. The average molecular weight is 140 g/mol. The first kappa shape index (κ1) is 15.7. The van der Waals surface area contributed by atoms with Crippen LogP contribution in [-0.2, 0) is 4.79 Å². The van der Waals surface area contributed by atoms with Gasteiger partial charge in [-0.3, -0.25) is 0 Å². The highest BCUT2D eigenvalue weighted by atomic mass is 32.1. The van der Waals surface area contributed by atoms with Gasteiger partial charge in [0.2, 0.25) is 0 Å². The van der Waals surface area contributed by atoms with Crippen LogP contribution in [0.1, 0.15) is 13.8 Å². The van der Waals surface area contributed by atoms with Gasteiger partial charge in [0.25, 0.3) is 0 Å². The maximum Gasteiger partial charge on any atom is 0.126 e. The molecule has 0 aliphatic rings. The van der Waals surface area contributed by atoms with Gasteiger partial charge < -0.3 is 4.79 Å². The highest BCUT2D eigenvalue weighted by Gasteiger charge is 1.62. The smallest absolute Gasteiger partial charge is 0.126 e. The SMILES string of the molecule is CC(C)=O.CS.P. The quantitative estimate of drug-likeness (QED) is 0.395. The molecule has 0 radical (unpaired) electrons. The van der Waals surface area contributed by atoms with E-state index >= 15 is 0 Å². The number of carbonyl (C=O) groups is 1. The van der Waals surface area contributed by atoms with E-state index in [1.54, 1.807) is 6.26 Å². The molecule has 0 spiro atoms. The van der Waals surface area contributed by atoms with Gasteiger partial charge in [0.1, 0.15) is 5.78 Å². The molecule has 3 heteroatoms. The minimum atomic E-state index is 0. The van der Waals surface area contributed by atoms with Crippen molar-refractivity contribution in [3.8, 4) is 0 Å². The zero-order valence-electron chi connectivity index (χ0n) is 5.06. The Morgan fingerprint density at radius 3 is 1.29 bits per heavy atom. The summed E-state index contributed by atoms with van der Waals surface area (Å²) in [6.07, 6.45) is 1.69. The summed E-state index contributed by atoms with van der Waals surface area (Å²) in [5.41, 5.74) is 0. The highest BCUT2D eigenvalue weighted by molar-refractivity contribution is 7.79. The molecule has 0 aromatic heterocycles. The van der Waals surface area contributed by atoms with Crippen molar-refractivity contribution in [3.63, 3.8) is 0 Å². The van der Waals surface area contributed by atoms with E-state index in [2.05, 4.69) is 12.6 Å². The topological polar surface area (TPSA) is 17.1 Å². The molecule has 1 atom stereocenters. The Kier molecular flexibility index (Phi) is 36.0.